The number of aromatic amines is 1. The minimum absolute atomic E-state index is 0.00579. The van der Waals surface area contributed by atoms with Gasteiger partial charge in [0.2, 0.25) is 5.78 Å². The van der Waals surface area contributed by atoms with Crippen LogP contribution in [0.1, 0.15) is 20.8 Å². The van der Waals surface area contributed by atoms with Crippen LogP contribution in [0.3, 0.4) is 0 Å². The molecule has 160 valence electrons. The Morgan fingerprint density at radius 1 is 1.10 bits per heavy atom. The summed E-state index contributed by atoms with van der Waals surface area (Å²) >= 11 is 6.10. The Morgan fingerprint density at radius 3 is 2.48 bits per heavy atom. The van der Waals surface area contributed by atoms with Crippen LogP contribution < -0.4 is 4.31 Å². The summed E-state index contributed by atoms with van der Waals surface area (Å²) < 4.78 is 32.7. The van der Waals surface area contributed by atoms with Crippen molar-refractivity contribution in [1.29, 1.82) is 0 Å². The van der Waals surface area contributed by atoms with Crippen LogP contribution in [0.4, 0.5) is 5.69 Å². The zero-order valence-electron chi connectivity index (χ0n) is 16.3. The van der Waals surface area contributed by atoms with Crippen molar-refractivity contribution in [3.8, 4) is 0 Å². The van der Waals surface area contributed by atoms with E-state index in [-0.39, 0.29) is 27.7 Å². The van der Waals surface area contributed by atoms with Crippen LogP contribution >= 0.6 is 11.6 Å². The number of anilines is 1. The topological polar surface area (TPSA) is 96.5 Å². The number of nitrogens with zero attached hydrogens (tertiary/aromatic N) is 1. The molecule has 0 aliphatic carbocycles. The SMILES string of the molecule is C=CCN(c1ccccc1)S(=O)(=O)c1ccc(Cl)c(C(=O)OCC(=O)c2ccc[nH]2)c1. The molecule has 1 N–H and O–H groups in total. The van der Waals surface area contributed by atoms with Gasteiger partial charge in [0.15, 0.2) is 6.61 Å². The van der Waals surface area contributed by atoms with Crippen molar-refractivity contribution in [2.75, 3.05) is 17.5 Å². The average Bonchev–Trinajstić information content (AvgIpc) is 3.31. The van der Waals surface area contributed by atoms with Gasteiger partial charge in [-0.15, -0.1) is 6.58 Å². The summed E-state index contributed by atoms with van der Waals surface area (Å²) in [5.41, 5.74) is 0.574. The number of carbonyl (C=O) groups is 2. The smallest absolute Gasteiger partial charge is 0.340 e. The summed E-state index contributed by atoms with van der Waals surface area (Å²) in [5.74, 6) is -1.34. The van der Waals surface area contributed by atoms with Crippen molar-refractivity contribution in [3.63, 3.8) is 0 Å². The number of ether oxygens (including phenoxy) is 1. The van der Waals surface area contributed by atoms with Crippen molar-refractivity contribution in [2.24, 2.45) is 0 Å². The number of hydrogen-bond donors (Lipinski definition) is 1. The second-order valence-electron chi connectivity index (χ2n) is 6.39. The van der Waals surface area contributed by atoms with E-state index in [4.69, 9.17) is 16.3 Å². The van der Waals surface area contributed by atoms with Crippen LogP contribution in [0.25, 0.3) is 0 Å². The molecule has 0 radical (unpaired) electrons. The molecule has 0 bridgehead atoms. The highest BCUT2D eigenvalue weighted by Crippen LogP contribution is 2.27. The number of para-hydroxylation sites is 1. The molecule has 3 rings (SSSR count). The van der Waals surface area contributed by atoms with Crippen LogP contribution in [0, 0.1) is 0 Å². The van der Waals surface area contributed by atoms with E-state index in [0.717, 1.165) is 10.4 Å². The molecule has 0 atom stereocenters. The van der Waals surface area contributed by atoms with Crippen LogP contribution in [-0.4, -0.2) is 38.3 Å². The van der Waals surface area contributed by atoms with Crippen LogP contribution in [-0.2, 0) is 14.8 Å². The highest BCUT2D eigenvalue weighted by Gasteiger charge is 2.26. The molecule has 0 unspecified atom stereocenters. The highest BCUT2D eigenvalue weighted by molar-refractivity contribution is 7.92. The van der Waals surface area contributed by atoms with Gasteiger partial charge in [0.05, 0.1) is 33.4 Å². The first-order valence-corrected chi connectivity index (χ1v) is 11.0. The fourth-order valence-corrected chi connectivity index (χ4v) is 4.45. The van der Waals surface area contributed by atoms with Gasteiger partial charge in [-0.2, -0.15) is 0 Å². The molecule has 0 aliphatic rings. The van der Waals surface area contributed by atoms with Crippen molar-refractivity contribution in [2.45, 2.75) is 4.90 Å². The largest absolute Gasteiger partial charge is 0.454 e. The lowest BCUT2D eigenvalue weighted by Gasteiger charge is -2.23. The lowest BCUT2D eigenvalue weighted by molar-refractivity contribution is 0.0473. The molecule has 0 fully saturated rings. The zero-order chi connectivity index (χ0) is 22.4. The number of aromatic nitrogens is 1. The van der Waals surface area contributed by atoms with Gasteiger partial charge in [0.25, 0.3) is 10.0 Å². The number of rotatable bonds is 9. The molecule has 0 amide bonds. The minimum Gasteiger partial charge on any atom is -0.454 e. The molecule has 3 aromatic rings. The van der Waals surface area contributed by atoms with Gasteiger partial charge in [0.1, 0.15) is 0 Å². The quantitative estimate of drug-likeness (QED) is 0.296. The number of nitrogens with one attached hydrogen (secondary N) is 1. The number of esters is 1. The molecule has 1 heterocycles. The highest BCUT2D eigenvalue weighted by atomic mass is 35.5. The maximum Gasteiger partial charge on any atom is 0.340 e. The molecule has 0 spiro atoms. The molecule has 0 saturated heterocycles. The first-order chi connectivity index (χ1) is 14.8. The molecule has 9 heteroatoms. The molecule has 31 heavy (non-hydrogen) atoms. The lowest BCUT2D eigenvalue weighted by Crippen LogP contribution is -2.31. The first-order valence-electron chi connectivity index (χ1n) is 9.16. The Hall–Kier alpha value is -3.36. The van der Waals surface area contributed by atoms with Gasteiger partial charge < -0.3 is 9.72 Å². The Kier molecular flexibility index (Phi) is 6.94. The fourth-order valence-electron chi connectivity index (χ4n) is 2.79. The molecule has 7 nitrogen and oxygen atoms in total. The number of halogens is 1. The van der Waals surface area contributed by atoms with Gasteiger partial charge in [-0.3, -0.25) is 9.10 Å². The van der Waals surface area contributed by atoms with Gasteiger partial charge in [-0.25, -0.2) is 13.2 Å². The van der Waals surface area contributed by atoms with Crippen molar-refractivity contribution in [3.05, 3.63) is 95.8 Å². The number of carbonyl (C=O) groups excluding carboxylic acids is 2. The fraction of sp³-hybridized carbons (Fsp3) is 0.0909. The maximum absolute atomic E-state index is 13.3. The standard InChI is InChI=1S/C22H19ClN2O5S/c1-2-13-25(16-7-4-3-5-8-16)31(28,29)17-10-11-19(23)18(14-17)22(27)30-15-21(26)20-9-6-12-24-20/h2-12,14,24H,1,13,15H2. The van der Waals surface area contributed by atoms with E-state index < -0.39 is 28.4 Å². The van der Waals surface area contributed by atoms with E-state index in [0.29, 0.717) is 5.69 Å². The summed E-state index contributed by atoms with van der Waals surface area (Å²) in [6, 6.07) is 15.4. The monoisotopic (exact) mass is 458 g/mol. The summed E-state index contributed by atoms with van der Waals surface area (Å²) in [4.78, 5) is 27.1. The number of H-pyrrole nitrogens is 1. The predicted molar refractivity (Wildman–Crippen MR) is 118 cm³/mol. The molecule has 1 aromatic heterocycles. The van der Waals surface area contributed by atoms with Gasteiger partial charge >= 0.3 is 5.97 Å². The number of benzene rings is 2. The summed E-state index contributed by atoms with van der Waals surface area (Å²) in [6.45, 7) is 3.13. The van der Waals surface area contributed by atoms with Gasteiger partial charge in [-0.05, 0) is 42.5 Å². The van der Waals surface area contributed by atoms with Crippen LogP contribution in [0.2, 0.25) is 5.02 Å². The van der Waals surface area contributed by atoms with Crippen LogP contribution in [0.15, 0.2) is 84.4 Å². The number of hydrogen-bond acceptors (Lipinski definition) is 5. The lowest BCUT2D eigenvalue weighted by atomic mass is 10.2. The molecule has 0 aliphatic heterocycles. The normalized spacial score (nSPS) is 11.0. The molecular formula is C22H19ClN2O5S. The second-order valence-corrected chi connectivity index (χ2v) is 8.65. The first kappa shape index (κ1) is 22.3. The number of sulfonamides is 1. The van der Waals surface area contributed by atoms with Crippen molar-refractivity contribution >= 4 is 39.1 Å². The average molecular weight is 459 g/mol. The van der Waals surface area contributed by atoms with E-state index in [1.54, 1.807) is 48.7 Å². The summed E-state index contributed by atoms with van der Waals surface area (Å²) in [5, 5.41) is 0.00579. The van der Waals surface area contributed by atoms with Crippen molar-refractivity contribution in [1.82, 2.24) is 4.98 Å². The number of Topliss-reactive ketones (excluding diaryl/α,β-unsaturated/α-hetero) is 1. The third kappa shape index (κ3) is 5.04. The van der Waals surface area contributed by atoms with Crippen LogP contribution in [0.5, 0.6) is 0 Å². The van der Waals surface area contributed by atoms with Gasteiger partial charge in [0, 0.05) is 6.20 Å². The molecule has 2 aromatic carbocycles. The Bertz CT molecular complexity index is 1190. The van der Waals surface area contributed by atoms with E-state index in [2.05, 4.69) is 11.6 Å². The summed E-state index contributed by atoms with van der Waals surface area (Å²) in [6.07, 6.45) is 3.03. The predicted octanol–water partition coefficient (Wildman–Crippen LogP) is 4.09. The van der Waals surface area contributed by atoms with E-state index in [9.17, 15) is 18.0 Å². The Labute approximate surface area is 185 Å². The molecular weight excluding hydrogens is 440 g/mol. The summed E-state index contributed by atoms with van der Waals surface area (Å²) in [7, 11) is -4.03. The zero-order valence-corrected chi connectivity index (χ0v) is 17.9. The number of ketones is 1. The molecule has 0 saturated carbocycles. The van der Waals surface area contributed by atoms with E-state index >= 15 is 0 Å². The maximum atomic E-state index is 13.3. The Balaban J connectivity index is 1.87. The second kappa shape index (κ2) is 9.63. The minimum atomic E-state index is -4.03. The third-order valence-corrected chi connectivity index (χ3v) is 6.44. The third-order valence-electron chi connectivity index (χ3n) is 4.32. The van der Waals surface area contributed by atoms with Crippen molar-refractivity contribution < 1.29 is 22.7 Å². The van der Waals surface area contributed by atoms with E-state index in [1.165, 1.54) is 18.2 Å². The van der Waals surface area contributed by atoms with Gasteiger partial charge in [-0.1, -0.05) is 35.9 Å². The Morgan fingerprint density at radius 2 is 1.84 bits per heavy atom. The van der Waals surface area contributed by atoms with E-state index in [1.807, 2.05) is 0 Å².